The summed E-state index contributed by atoms with van der Waals surface area (Å²) >= 11 is 0. The van der Waals surface area contributed by atoms with Gasteiger partial charge in [0.2, 0.25) is 11.9 Å². The Bertz CT molecular complexity index is 393. The molecule has 92 valence electrons. The first kappa shape index (κ1) is 11.8. The molecule has 1 aliphatic heterocycles. The van der Waals surface area contributed by atoms with Crippen molar-refractivity contribution < 1.29 is 4.79 Å². The van der Waals surface area contributed by atoms with Crippen molar-refractivity contribution in [3.05, 3.63) is 18.5 Å². The standard InChI is InChI=1S/C12H18N4O/c1-12(2,3)15-10(17)9-7-16(8-9)11-13-5-4-6-14-11/h4-6,9H,7-8H2,1-3H3,(H,15,17). The SMILES string of the molecule is CC(C)(C)NC(=O)C1CN(c2ncccn2)C1. The summed E-state index contributed by atoms with van der Waals surface area (Å²) in [6.07, 6.45) is 3.43. The van der Waals surface area contributed by atoms with Crippen LogP contribution in [0.2, 0.25) is 0 Å². The molecule has 1 aliphatic rings. The average molecular weight is 234 g/mol. The van der Waals surface area contributed by atoms with Gasteiger partial charge in [0.15, 0.2) is 0 Å². The molecule has 1 aromatic rings. The van der Waals surface area contributed by atoms with Crippen molar-refractivity contribution >= 4 is 11.9 Å². The Kier molecular flexibility index (Phi) is 3.00. The normalized spacial score (nSPS) is 16.5. The summed E-state index contributed by atoms with van der Waals surface area (Å²) in [5.41, 5.74) is -0.166. The highest BCUT2D eigenvalue weighted by atomic mass is 16.2. The summed E-state index contributed by atoms with van der Waals surface area (Å²) in [5.74, 6) is 0.870. The summed E-state index contributed by atoms with van der Waals surface area (Å²) in [5, 5.41) is 2.99. The highest BCUT2D eigenvalue weighted by molar-refractivity contribution is 5.82. The molecule has 1 saturated heterocycles. The van der Waals surface area contributed by atoms with Crippen LogP contribution in [-0.2, 0) is 4.79 Å². The van der Waals surface area contributed by atoms with Crippen molar-refractivity contribution in [1.82, 2.24) is 15.3 Å². The molecule has 5 heteroatoms. The number of carbonyl (C=O) groups is 1. The van der Waals surface area contributed by atoms with Gasteiger partial charge in [0.25, 0.3) is 0 Å². The van der Waals surface area contributed by atoms with E-state index < -0.39 is 0 Å². The van der Waals surface area contributed by atoms with E-state index in [1.54, 1.807) is 18.5 Å². The Labute approximate surface area is 101 Å². The molecule has 17 heavy (non-hydrogen) atoms. The zero-order chi connectivity index (χ0) is 12.5. The molecule has 1 amide bonds. The van der Waals surface area contributed by atoms with Crippen LogP contribution in [0.25, 0.3) is 0 Å². The Morgan fingerprint density at radius 1 is 1.35 bits per heavy atom. The fourth-order valence-electron chi connectivity index (χ4n) is 1.73. The minimum atomic E-state index is -0.166. The molecule has 2 heterocycles. The largest absolute Gasteiger partial charge is 0.351 e. The van der Waals surface area contributed by atoms with Crippen molar-refractivity contribution in [2.75, 3.05) is 18.0 Å². The van der Waals surface area contributed by atoms with Crippen molar-refractivity contribution in [2.24, 2.45) is 5.92 Å². The molecule has 0 bridgehead atoms. The van der Waals surface area contributed by atoms with Crippen molar-refractivity contribution in [3.63, 3.8) is 0 Å². The van der Waals surface area contributed by atoms with E-state index in [4.69, 9.17) is 0 Å². The maximum absolute atomic E-state index is 11.8. The zero-order valence-corrected chi connectivity index (χ0v) is 10.5. The van der Waals surface area contributed by atoms with Gasteiger partial charge in [-0.3, -0.25) is 4.79 Å². The van der Waals surface area contributed by atoms with Crippen LogP contribution in [0, 0.1) is 5.92 Å². The smallest absolute Gasteiger partial charge is 0.227 e. The summed E-state index contributed by atoms with van der Waals surface area (Å²) in [6, 6.07) is 1.78. The fraction of sp³-hybridized carbons (Fsp3) is 0.583. The van der Waals surface area contributed by atoms with E-state index in [0.29, 0.717) is 19.0 Å². The number of nitrogens with one attached hydrogen (secondary N) is 1. The van der Waals surface area contributed by atoms with Gasteiger partial charge < -0.3 is 10.2 Å². The van der Waals surface area contributed by atoms with Gasteiger partial charge in [0, 0.05) is 31.0 Å². The van der Waals surface area contributed by atoms with Gasteiger partial charge in [-0.1, -0.05) is 0 Å². The van der Waals surface area contributed by atoms with E-state index >= 15 is 0 Å². The molecule has 0 saturated carbocycles. The molecule has 5 nitrogen and oxygen atoms in total. The second-order valence-corrected chi connectivity index (χ2v) is 5.39. The molecule has 0 atom stereocenters. The molecule has 0 aliphatic carbocycles. The molecule has 1 N–H and O–H groups in total. The van der Waals surface area contributed by atoms with Gasteiger partial charge in [-0.15, -0.1) is 0 Å². The third kappa shape index (κ3) is 2.93. The lowest BCUT2D eigenvalue weighted by molar-refractivity contribution is -0.127. The average Bonchev–Trinajstić information content (AvgIpc) is 2.14. The Balaban J connectivity index is 1.85. The number of anilines is 1. The molecule has 0 aromatic carbocycles. The second kappa shape index (κ2) is 4.31. The van der Waals surface area contributed by atoms with Gasteiger partial charge in [-0.05, 0) is 26.8 Å². The van der Waals surface area contributed by atoms with Crippen molar-refractivity contribution in [3.8, 4) is 0 Å². The van der Waals surface area contributed by atoms with E-state index in [1.807, 2.05) is 25.7 Å². The third-order valence-corrected chi connectivity index (χ3v) is 2.59. The number of carbonyl (C=O) groups excluding carboxylic acids is 1. The summed E-state index contributed by atoms with van der Waals surface area (Å²) in [6.45, 7) is 7.36. The molecule has 0 spiro atoms. The highest BCUT2D eigenvalue weighted by Gasteiger charge is 2.35. The minimum absolute atomic E-state index is 0.0537. The molecule has 2 rings (SSSR count). The number of amides is 1. The highest BCUT2D eigenvalue weighted by Crippen LogP contribution is 2.21. The topological polar surface area (TPSA) is 58.1 Å². The Morgan fingerprint density at radius 2 is 1.94 bits per heavy atom. The Morgan fingerprint density at radius 3 is 2.47 bits per heavy atom. The summed E-state index contributed by atoms with van der Waals surface area (Å²) in [7, 11) is 0. The molecular weight excluding hydrogens is 216 g/mol. The van der Waals surface area contributed by atoms with Crippen molar-refractivity contribution in [2.45, 2.75) is 26.3 Å². The van der Waals surface area contributed by atoms with Crippen molar-refractivity contribution in [1.29, 1.82) is 0 Å². The van der Waals surface area contributed by atoms with Gasteiger partial charge in [-0.2, -0.15) is 0 Å². The third-order valence-electron chi connectivity index (χ3n) is 2.59. The van der Waals surface area contributed by atoms with Gasteiger partial charge in [0.05, 0.1) is 5.92 Å². The number of aromatic nitrogens is 2. The molecule has 1 fully saturated rings. The molecule has 0 unspecified atom stereocenters. The van der Waals surface area contributed by atoms with Crippen LogP contribution in [0.5, 0.6) is 0 Å². The quantitative estimate of drug-likeness (QED) is 0.823. The molecule has 0 radical (unpaired) electrons. The van der Waals surface area contributed by atoms with Crippen LogP contribution in [0.1, 0.15) is 20.8 Å². The molecular formula is C12H18N4O. The van der Waals surface area contributed by atoms with Crippen LogP contribution < -0.4 is 10.2 Å². The van der Waals surface area contributed by atoms with Gasteiger partial charge in [-0.25, -0.2) is 9.97 Å². The van der Waals surface area contributed by atoms with Crippen LogP contribution in [0.3, 0.4) is 0 Å². The predicted molar refractivity (Wildman–Crippen MR) is 65.6 cm³/mol. The van der Waals surface area contributed by atoms with E-state index in [1.165, 1.54) is 0 Å². The first-order chi connectivity index (χ1) is 7.96. The molecule has 1 aromatic heterocycles. The van der Waals surface area contributed by atoms with E-state index in [-0.39, 0.29) is 17.4 Å². The van der Waals surface area contributed by atoms with Crippen LogP contribution in [0.15, 0.2) is 18.5 Å². The summed E-state index contributed by atoms with van der Waals surface area (Å²) < 4.78 is 0. The lowest BCUT2D eigenvalue weighted by atomic mass is 9.98. The van der Waals surface area contributed by atoms with Gasteiger partial charge >= 0.3 is 0 Å². The van der Waals surface area contributed by atoms with E-state index in [0.717, 1.165) is 0 Å². The predicted octanol–water partition coefficient (Wildman–Crippen LogP) is 0.827. The lowest BCUT2D eigenvalue weighted by Gasteiger charge is -2.39. The maximum Gasteiger partial charge on any atom is 0.227 e. The van der Waals surface area contributed by atoms with Gasteiger partial charge in [0.1, 0.15) is 0 Å². The van der Waals surface area contributed by atoms with E-state index in [2.05, 4.69) is 15.3 Å². The first-order valence-corrected chi connectivity index (χ1v) is 5.80. The lowest BCUT2D eigenvalue weighted by Crippen LogP contribution is -2.57. The van der Waals surface area contributed by atoms with E-state index in [9.17, 15) is 4.79 Å². The van der Waals surface area contributed by atoms with Crippen LogP contribution >= 0.6 is 0 Å². The fourth-order valence-corrected chi connectivity index (χ4v) is 1.73. The zero-order valence-electron chi connectivity index (χ0n) is 10.5. The first-order valence-electron chi connectivity index (χ1n) is 5.80. The minimum Gasteiger partial charge on any atom is -0.351 e. The monoisotopic (exact) mass is 234 g/mol. The maximum atomic E-state index is 11.8. The summed E-state index contributed by atoms with van der Waals surface area (Å²) in [4.78, 5) is 22.2. The number of hydrogen-bond acceptors (Lipinski definition) is 4. The van der Waals surface area contributed by atoms with Crippen LogP contribution in [-0.4, -0.2) is 34.5 Å². The number of rotatable bonds is 2. The Hall–Kier alpha value is -1.65. The number of hydrogen-bond donors (Lipinski definition) is 1. The second-order valence-electron chi connectivity index (χ2n) is 5.39. The number of nitrogens with zero attached hydrogens (tertiary/aromatic N) is 3. The van der Waals surface area contributed by atoms with Crippen LogP contribution in [0.4, 0.5) is 5.95 Å².